The predicted octanol–water partition coefficient (Wildman–Crippen LogP) is 0.212. The van der Waals surface area contributed by atoms with Gasteiger partial charge in [0.05, 0.1) is 6.61 Å². The van der Waals surface area contributed by atoms with Crippen LogP contribution < -0.4 is 0 Å². The van der Waals surface area contributed by atoms with Gasteiger partial charge in [0.1, 0.15) is 0 Å². The van der Waals surface area contributed by atoms with Crippen molar-refractivity contribution in [1.29, 1.82) is 0 Å². The normalized spacial score (nSPS) is 32.6. The van der Waals surface area contributed by atoms with Gasteiger partial charge in [-0.3, -0.25) is 4.90 Å². The molecule has 2 aliphatic heterocycles. The van der Waals surface area contributed by atoms with Gasteiger partial charge in [0.15, 0.2) is 6.23 Å². The quantitative estimate of drug-likeness (QED) is 0.435. The molecule has 0 aliphatic carbocycles. The van der Waals surface area contributed by atoms with Crippen molar-refractivity contribution >= 4 is 0 Å². The minimum absolute atomic E-state index is 0.950. The van der Waals surface area contributed by atoms with Crippen LogP contribution >= 0.6 is 0 Å². The van der Waals surface area contributed by atoms with Crippen LogP contribution in [0.3, 0.4) is 0 Å². The summed E-state index contributed by atoms with van der Waals surface area (Å²) in [5, 5.41) is 0. The van der Waals surface area contributed by atoms with Gasteiger partial charge in [-0.1, -0.05) is 0 Å². The van der Waals surface area contributed by atoms with Crippen molar-refractivity contribution in [3.63, 3.8) is 0 Å². The zero-order chi connectivity index (χ0) is 4.69. The van der Waals surface area contributed by atoms with Crippen molar-refractivity contribution in [2.75, 3.05) is 19.7 Å². The monoisotopic (exact) mass is 98.1 g/mol. The van der Waals surface area contributed by atoms with Crippen LogP contribution in [0.2, 0.25) is 0 Å². The molecule has 0 atom stereocenters. The standard InChI is InChI=1S/C5H8NO/c1-4-7-5(1)6-2-3-6/h1-4H2. The molecule has 2 heteroatoms. The second-order valence-electron chi connectivity index (χ2n) is 1.98. The lowest BCUT2D eigenvalue weighted by molar-refractivity contribution is -0.00917. The maximum absolute atomic E-state index is 5.10. The van der Waals surface area contributed by atoms with Crippen molar-refractivity contribution in [3.05, 3.63) is 6.23 Å². The number of ether oxygens (including phenoxy) is 1. The van der Waals surface area contributed by atoms with Gasteiger partial charge >= 0.3 is 0 Å². The van der Waals surface area contributed by atoms with E-state index in [9.17, 15) is 0 Å². The van der Waals surface area contributed by atoms with Crippen LogP contribution in [0.5, 0.6) is 0 Å². The van der Waals surface area contributed by atoms with E-state index in [4.69, 9.17) is 4.74 Å². The molecule has 0 amide bonds. The van der Waals surface area contributed by atoms with Crippen LogP contribution in [0, 0.1) is 6.23 Å². The molecule has 0 aromatic heterocycles. The van der Waals surface area contributed by atoms with Crippen LogP contribution in [-0.4, -0.2) is 24.6 Å². The molecule has 2 aliphatic rings. The number of rotatable bonds is 1. The lowest BCUT2D eigenvalue weighted by Gasteiger charge is -2.25. The highest BCUT2D eigenvalue weighted by atomic mass is 16.5. The SMILES string of the molecule is C1C[C](N2CC2)O1. The molecule has 2 rings (SSSR count). The Balaban J connectivity index is 1.83. The van der Waals surface area contributed by atoms with Crippen molar-refractivity contribution in [2.45, 2.75) is 6.42 Å². The summed E-state index contributed by atoms with van der Waals surface area (Å²) in [5.74, 6) is 0. The Morgan fingerprint density at radius 3 is 2.29 bits per heavy atom. The molecular formula is C5H8NO. The van der Waals surface area contributed by atoms with E-state index in [1.807, 2.05) is 0 Å². The maximum atomic E-state index is 5.10. The van der Waals surface area contributed by atoms with Crippen molar-refractivity contribution in [3.8, 4) is 0 Å². The van der Waals surface area contributed by atoms with Crippen molar-refractivity contribution in [1.82, 2.24) is 4.90 Å². The van der Waals surface area contributed by atoms with E-state index in [0.717, 1.165) is 6.61 Å². The third kappa shape index (κ3) is 0.545. The zero-order valence-corrected chi connectivity index (χ0v) is 4.18. The van der Waals surface area contributed by atoms with Gasteiger partial charge in [0, 0.05) is 19.5 Å². The second-order valence-corrected chi connectivity index (χ2v) is 1.98. The summed E-state index contributed by atoms with van der Waals surface area (Å²) in [7, 11) is 0. The van der Waals surface area contributed by atoms with Gasteiger partial charge in [-0.15, -0.1) is 0 Å². The molecule has 7 heavy (non-hydrogen) atoms. The van der Waals surface area contributed by atoms with Crippen LogP contribution in [0.4, 0.5) is 0 Å². The van der Waals surface area contributed by atoms with Gasteiger partial charge in [-0.05, 0) is 0 Å². The average molecular weight is 98.1 g/mol. The van der Waals surface area contributed by atoms with Gasteiger partial charge in [-0.2, -0.15) is 0 Å². The minimum Gasteiger partial charge on any atom is -0.356 e. The average Bonchev–Trinajstić information content (AvgIpc) is 2.10. The molecule has 0 spiro atoms. The lowest BCUT2D eigenvalue weighted by atomic mass is 10.3. The number of hydrogen-bond donors (Lipinski definition) is 0. The number of hydrogen-bond acceptors (Lipinski definition) is 2. The largest absolute Gasteiger partial charge is 0.356 e. The Kier molecular flexibility index (Phi) is 0.664. The summed E-state index contributed by atoms with van der Waals surface area (Å²) in [4.78, 5) is 2.25. The van der Waals surface area contributed by atoms with E-state index in [1.165, 1.54) is 25.7 Å². The summed E-state index contributed by atoms with van der Waals surface area (Å²) >= 11 is 0. The molecular weight excluding hydrogens is 90.1 g/mol. The van der Waals surface area contributed by atoms with Crippen molar-refractivity contribution in [2.24, 2.45) is 0 Å². The molecule has 0 saturated carbocycles. The third-order valence-corrected chi connectivity index (χ3v) is 1.38. The number of nitrogens with zero attached hydrogens (tertiary/aromatic N) is 1. The van der Waals surface area contributed by atoms with E-state index in [1.54, 1.807) is 0 Å². The predicted molar refractivity (Wildman–Crippen MR) is 25.4 cm³/mol. The fourth-order valence-corrected chi connectivity index (χ4v) is 0.742. The molecule has 0 bridgehead atoms. The van der Waals surface area contributed by atoms with E-state index in [2.05, 4.69) is 4.90 Å². The zero-order valence-electron chi connectivity index (χ0n) is 4.18. The molecule has 2 nitrogen and oxygen atoms in total. The first kappa shape index (κ1) is 3.87. The van der Waals surface area contributed by atoms with Crippen LogP contribution in [0.1, 0.15) is 6.42 Å². The first-order chi connectivity index (χ1) is 3.47. The van der Waals surface area contributed by atoms with Crippen LogP contribution in [0.25, 0.3) is 0 Å². The third-order valence-electron chi connectivity index (χ3n) is 1.38. The topological polar surface area (TPSA) is 12.2 Å². The molecule has 2 heterocycles. The summed E-state index contributed by atoms with van der Waals surface area (Å²) in [6.07, 6.45) is 2.40. The minimum atomic E-state index is 0.950. The van der Waals surface area contributed by atoms with Gasteiger partial charge in [0.25, 0.3) is 0 Å². The highest BCUT2D eigenvalue weighted by Gasteiger charge is 2.34. The fourth-order valence-electron chi connectivity index (χ4n) is 0.742. The Bertz CT molecular complexity index is 76.1. The van der Waals surface area contributed by atoms with E-state index < -0.39 is 0 Å². The maximum Gasteiger partial charge on any atom is 0.167 e. The van der Waals surface area contributed by atoms with E-state index in [-0.39, 0.29) is 0 Å². The fraction of sp³-hybridized carbons (Fsp3) is 0.800. The molecule has 0 unspecified atom stereocenters. The Labute approximate surface area is 43.1 Å². The molecule has 2 saturated heterocycles. The van der Waals surface area contributed by atoms with E-state index in [0.29, 0.717) is 0 Å². The first-order valence-electron chi connectivity index (χ1n) is 2.70. The molecule has 1 radical (unpaired) electrons. The Hall–Kier alpha value is -0.0800. The molecule has 0 aromatic carbocycles. The lowest BCUT2D eigenvalue weighted by Crippen LogP contribution is -2.24. The van der Waals surface area contributed by atoms with Gasteiger partial charge < -0.3 is 4.74 Å². The van der Waals surface area contributed by atoms with Crippen LogP contribution in [-0.2, 0) is 4.74 Å². The first-order valence-corrected chi connectivity index (χ1v) is 2.70. The Morgan fingerprint density at radius 1 is 1.43 bits per heavy atom. The van der Waals surface area contributed by atoms with E-state index >= 15 is 0 Å². The van der Waals surface area contributed by atoms with Gasteiger partial charge in [-0.25, -0.2) is 0 Å². The molecule has 0 N–H and O–H groups in total. The summed E-state index contributed by atoms with van der Waals surface area (Å²) in [5.41, 5.74) is 0. The summed E-state index contributed by atoms with van der Waals surface area (Å²) in [6, 6.07) is 0. The summed E-state index contributed by atoms with van der Waals surface area (Å²) in [6.45, 7) is 3.41. The van der Waals surface area contributed by atoms with Crippen LogP contribution in [0.15, 0.2) is 0 Å². The molecule has 2 fully saturated rings. The highest BCUT2D eigenvalue weighted by molar-refractivity contribution is 4.93. The van der Waals surface area contributed by atoms with Gasteiger partial charge in [0.2, 0.25) is 0 Å². The second kappa shape index (κ2) is 1.20. The van der Waals surface area contributed by atoms with Crippen molar-refractivity contribution < 1.29 is 4.74 Å². The molecule has 39 valence electrons. The smallest absolute Gasteiger partial charge is 0.167 e. The highest BCUT2D eigenvalue weighted by Crippen LogP contribution is 2.28. The molecule has 0 aromatic rings. The summed E-state index contributed by atoms with van der Waals surface area (Å²) < 4.78 is 5.10. The Morgan fingerprint density at radius 2 is 2.14 bits per heavy atom.